The zero-order valence-electron chi connectivity index (χ0n) is 15.7. The molecule has 3 heterocycles. The van der Waals surface area contributed by atoms with Crippen LogP contribution in [-0.4, -0.2) is 83.5 Å². The van der Waals surface area contributed by atoms with Gasteiger partial charge < -0.3 is 14.8 Å². The molecule has 2 aromatic rings. The van der Waals surface area contributed by atoms with E-state index in [1.165, 1.54) is 12.1 Å². The van der Waals surface area contributed by atoms with Crippen LogP contribution in [0.3, 0.4) is 0 Å². The molecule has 0 spiro atoms. The Bertz CT molecular complexity index is 975. The minimum atomic E-state index is -0.988. The van der Waals surface area contributed by atoms with Crippen LogP contribution in [0.2, 0.25) is 10.0 Å². The Kier molecular flexibility index (Phi) is 5.44. The number of aromatic amines is 1. The molecule has 2 amide bonds. The number of alkyl halides is 1. The molecule has 4 rings (SSSR count). The number of fused-ring (bicyclic) bond motifs is 1. The maximum Gasteiger partial charge on any atom is 0.271 e. The number of hydrogen-bond donors (Lipinski definition) is 1. The van der Waals surface area contributed by atoms with Crippen LogP contribution in [0.4, 0.5) is 8.78 Å². The summed E-state index contributed by atoms with van der Waals surface area (Å²) < 4.78 is 27.3. The molecule has 2 atom stereocenters. The van der Waals surface area contributed by atoms with Gasteiger partial charge in [-0.1, -0.05) is 23.2 Å². The van der Waals surface area contributed by atoms with Gasteiger partial charge >= 0.3 is 0 Å². The molecule has 2 saturated heterocycles. The Labute approximate surface area is 176 Å². The number of amides is 2. The van der Waals surface area contributed by atoms with Gasteiger partial charge in [0.15, 0.2) is 0 Å². The number of carbonyl (C=O) groups excluding carboxylic acids is 2. The summed E-state index contributed by atoms with van der Waals surface area (Å²) in [6.07, 6.45) is -0.783. The number of benzene rings is 1. The van der Waals surface area contributed by atoms with Gasteiger partial charge in [0.1, 0.15) is 17.7 Å². The summed E-state index contributed by atoms with van der Waals surface area (Å²) in [6.45, 7) is 1.64. The van der Waals surface area contributed by atoms with Crippen molar-refractivity contribution in [3.8, 4) is 0 Å². The molecule has 0 saturated carbocycles. The molecule has 2 aliphatic rings. The normalized spacial score (nSPS) is 23.2. The van der Waals surface area contributed by atoms with Crippen LogP contribution in [0.1, 0.15) is 16.9 Å². The molecular weight excluding hydrogens is 425 g/mol. The van der Waals surface area contributed by atoms with Gasteiger partial charge in [0.25, 0.3) is 5.91 Å². The molecule has 0 aliphatic carbocycles. The number of piperazine rings is 1. The van der Waals surface area contributed by atoms with Crippen molar-refractivity contribution in [2.75, 3.05) is 39.8 Å². The summed E-state index contributed by atoms with van der Waals surface area (Å²) in [4.78, 5) is 33.5. The molecule has 29 heavy (non-hydrogen) atoms. The first kappa shape index (κ1) is 20.4. The van der Waals surface area contributed by atoms with Gasteiger partial charge in [-0.15, -0.1) is 0 Å². The van der Waals surface area contributed by atoms with E-state index in [4.69, 9.17) is 23.2 Å². The number of hydrogen-bond acceptors (Lipinski definition) is 3. The molecule has 0 radical (unpaired) electrons. The Morgan fingerprint density at radius 1 is 1.10 bits per heavy atom. The average Bonchev–Trinajstić information content (AvgIpc) is 3.22. The van der Waals surface area contributed by atoms with Crippen LogP contribution >= 0.6 is 23.2 Å². The number of likely N-dealkylation sites (tertiary alicyclic amines) is 1. The van der Waals surface area contributed by atoms with Gasteiger partial charge in [-0.3, -0.25) is 14.5 Å². The second kappa shape index (κ2) is 7.74. The highest BCUT2D eigenvalue weighted by atomic mass is 35.5. The molecular formula is C19H20Cl2F2N4O2. The van der Waals surface area contributed by atoms with E-state index < -0.39 is 18.0 Å². The highest BCUT2D eigenvalue weighted by Gasteiger charge is 2.38. The lowest BCUT2D eigenvalue weighted by Crippen LogP contribution is -2.54. The molecule has 2 aliphatic heterocycles. The van der Waals surface area contributed by atoms with Crippen molar-refractivity contribution in [3.05, 3.63) is 33.7 Å². The summed E-state index contributed by atoms with van der Waals surface area (Å²) in [6, 6.07) is 2.23. The molecule has 0 bridgehead atoms. The number of nitrogens with one attached hydrogen (secondary N) is 1. The quantitative estimate of drug-likeness (QED) is 0.774. The predicted octanol–water partition coefficient (Wildman–Crippen LogP) is 2.94. The van der Waals surface area contributed by atoms with Crippen molar-refractivity contribution in [2.45, 2.75) is 18.6 Å². The van der Waals surface area contributed by atoms with E-state index in [0.29, 0.717) is 31.7 Å². The number of likely N-dealkylation sites (N-methyl/N-ethyl adjacent to an activating group) is 1. The molecule has 1 aromatic heterocycles. The molecule has 0 unspecified atom stereocenters. The van der Waals surface area contributed by atoms with E-state index in [-0.39, 0.29) is 45.9 Å². The minimum Gasteiger partial charge on any atom is -0.349 e. The third kappa shape index (κ3) is 3.58. The highest BCUT2D eigenvalue weighted by Crippen LogP contribution is 2.35. The maximum absolute atomic E-state index is 13.7. The monoisotopic (exact) mass is 444 g/mol. The second-order valence-corrected chi connectivity index (χ2v) is 8.26. The third-order valence-corrected chi connectivity index (χ3v) is 6.42. The van der Waals surface area contributed by atoms with Crippen molar-refractivity contribution in [2.24, 2.45) is 0 Å². The maximum atomic E-state index is 13.7. The fourth-order valence-electron chi connectivity index (χ4n) is 4.06. The van der Waals surface area contributed by atoms with Gasteiger partial charge in [0.05, 0.1) is 16.1 Å². The second-order valence-electron chi connectivity index (χ2n) is 7.50. The van der Waals surface area contributed by atoms with Crippen molar-refractivity contribution in [1.29, 1.82) is 0 Å². The van der Waals surface area contributed by atoms with Crippen LogP contribution in [0.25, 0.3) is 10.9 Å². The first-order valence-corrected chi connectivity index (χ1v) is 10.1. The Balaban J connectivity index is 1.46. The van der Waals surface area contributed by atoms with Crippen molar-refractivity contribution in [1.82, 2.24) is 19.7 Å². The number of halogens is 4. The van der Waals surface area contributed by atoms with Crippen LogP contribution in [0, 0.1) is 5.82 Å². The predicted molar refractivity (Wildman–Crippen MR) is 107 cm³/mol. The van der Waals surface area contributed by atoms with Gasteiger partial charge in [0, 0.05) is 50.0 Å². The SMILES string of the molecule is CN1C[C@@H](F)C[C@@H]1C(=O)N1CCN(C(=O)c2[nH]c3ccc(F)c(Cl)c3c2Cl)CC1. The number of rotatable bonds is 2. The lowest BCUT2D eigenvalue weighted by atomic mass is 10.1. The van der Waals surface area contributed by atoms with Crippen molar-refractivity contribution < 1.29 is 18.4 Å². The van der Waals surface area contributed by atoms with E-state index in [0.717, 1.165) is 0 Å². The zero-order valence-corrected chi connectivity index (χ0v) is 17.2. The van der Waals surface area contributed by atoms with Crippen LogP contribution in [0.5, 0.6) is 0 Å². The van der Waals surface area contributed by atoms with E-state index in [1.807, 2.05) is 0 Å². The van der Waals surface area contributed by atoms with Crippen LogP contribution in [0.15, 0.2) is 12.1 Å². The smallest absolute Gasteiger partial charge is 0.271 e. The summed E-state index contributed by atoms with van der Waals surface area (Å²) >= 11 is 12.3. The summed E-state index contributed by atoms with van der Waals surface area (Å²) in [5.74, 6) is -1.05. The largest absolute Gasteiger partial charge is 0.349 e. The first-order chi connectivity index (χ1) is 13.8. The van der Waals surface area contributed by atoms with Crippen LogP contribution < -0.4 is 0 Å². The number of H-pyrrole nitrogens is 1. The van der Waals surface area contributed by atoms with Gasteiger partial charge in [0.2, 0.25) is 5.91 Å². The van der Waals surface area contributed by atoms with Gasteiger partial charge in [-0.25, -0.2) is 8.78 Å². The number of carbonyl (C=O) groups is 2. The Hall–Kier alpha value is -1.90. The Morgan fingerprint density at radius 2 is 1.76 bits per heavy atom. The zero-order chi connectivity index (χ0) is 20.9. The fourth-order valence-corrected chi connectivity index (χ4v) is 4.69. The van der Waals surface area contributed by atoms with E-state index in [9.17, 15) is 18.4 Å². The summed E-state index contributed by atoms with van der Waals surface area (Å²) in [7, 11) is 1.74. The van der Waals surface area contributed by atoms with E-state index >= 15 is 0 Å². The standard InChI is InChI=1S/C19H20Cl2F2N4O2/c1-25-9-10(22)8-13(25)18(28)26-4-6-27(7-5-26)19(29)17-16(21)14-12(24-17)3-2-11(23)15(14)20/h2-3,10,13,24H,4-9H2,1H3/t10-,13+/m0/s1. The summed E-state index contributed by atoms with van der Waals surface area (Å²) in [5, 5.41) is 0.218. The fraction of sp³-hybridized carbons (Fsp3) is 0.474. The minimum absolute atomic E-state index is 0.0783. The first-order valence-electron chi connectivity index (χ1n) is 9.35. The molecule has 2 fully saturated rings. The molecule has 6 nitrogen and oxygen atoms in total. The van der Waals surface area contributed by atoms with Gasteiger partial charge in [-0.2, -0.15) is 0 Å². The van der Waals surface area contributed by atoms with Crippen molar-refractivity contribution in [3.63, 3.8) is 0 Å². The molecule has 10 heteroatoms. The average molecular weight is 445 g/mol. The topological polar surface area (TPSA) is 59.7 Å². The van der Waals surface area contributed by atoms with E-state index in [1.54, 1.807) is 21.7 Å². The number of nitrogens with zero attached hydrogens (tertiary/aromatic N) is 3. The van der Waals surface area contributed by atoms with Crippen molar-refractivity contribution >= 4 is 45.9 Å². The summed E-state index contributed by atoms with van der Waals surface area (Å²) in [5.41, 5.74) is 0.619. The third-order valence-electron chi connectivity index (χ3n) is 5.67. The van der Waals surface area contributed by atoms with Gasteiger partial charge in [-0.05, 0) is 19.2 Å². The lowest BCUT2D eigenvalue weighted by Gasteiger charge is -2.36. The molecule has 1 N–H and O–H groups in total. The highest BCUT2D eigenvalue weighted by molar-refractivity contribution is 6.44. The molecule has 156 valence electrons. The molecule has 1 aromatic carbocycles. The van der Waals surface area contributed by atoms with E-state index in [2.05, 4.69) is 4.98 Å². The lowest BCUT2D eigenvalue weighted by molar-refractivity contribution is -0.137. The van der Waals surface area contributed by atoms with Crippen LogP contribution in [-0.2, 0) is 4.79 Å². The number of aromatic nitrogens is 1. The Morgan fingerprint density at radius 3 is 2.38 bits per heavy atom.